The second-order valence-corrected chi connectivity index (χ2v) is 8.38. The van der Waals surface area contributed by atoms with Crippen molar-refractivity contribution in [1.29, 1.82) is 0 Å². The van der Waals surface area contributed by atoms with Crippen molar-refractivity contribution in [2.24, 2.45) is 0 Å². The van der Waals surface area contributed by atoms with Gasteiger partial charge in [-0.2, -0.15) is 4.98 Å². The van der Waals surface area contributed by atoms with E-state index in [1.54, 1.807) is 36.4 Å². The van der Waals surface area contributed by atoms with Gasteiger partial charge in [-0.25, -0.2) is 23.2 Å². The Balaban J connectivity index is 1.54. The van der Waals surface area contributed by atoms with Crippen molar-refractivity contribution in [3.8, 4) is 0 Å². The molecule has 3 aromatic rings. The maximum absolute atomic E-state index is 16.5. The third kappa shape index (κ3) is 3.22. The lowest BCUT2D eigenvalue weighted by atomic mass is 9.96. The minimum Gasteiger partial charge on any atom is -0.448 e. The summed E-state index contributed by atoms with van der Waals surface area (Å²) in [5.41, 5.74) is -1.03. The number of fused-ring (bicyclic) bond motifs is 1. The molecule has 1 aromatic heterocycles. The van der Waals surface area contributed by atoms with Crippen LogP contribution in [0.15, 0.2) is 77.7 Å². The molecule has 2 fully saturated rings. The highest BCUT2D eigenvalue weighted by atomic mass is 19.2. The summed E-state index contributed by atoms with van der Waals surface area (Å²) in [6.07, 6.45) is -2.76. The Morgan fingerprint density at radius 2 is 1.57 bits per heavy atom. The van der Waals surface area contributed by atoms with Crippen LogP contribution >= 0.6 is 0 Å². The van der Waals surface area contributed by atoms with Crippen molar-refractivity contribution in [3.63, 3.8) is 0 Å². The average molecular weight is 483 g/mol. The topological polar surface area (TPSA) is 123 Å². The lowest BCUT2D eigenvalue weighted by molar-refractivity contribution is -0.163. The normalized spacial score (nSPS) is 30.8. The summed E-state index contributed by atoms with van der Waals surface area (Å²) in [6, 6.07) is 16.3. The SMILES string of the molecule is C[C@]1(F)[C@H](n2ccc(N)nc2=O)O[C@]2(F)C(OC(=O)c3ccccc3)[C@]12OC(=O)c1ccccc1. The first-order valence-electron chi connectivity index (χ1n) is 10.6. The lowest BCUT2D eigenvalue weighted by Crippen LogP contribution is -2.50. The summed E-state index contributed by atoms with van der Waals surface area (Å²) in [4.78, 5) is 41.4. The molecule has 2 aliphatic rings. The van der Waals surface area contributed by atoms with Gasteiger partial charge in [0.15, 0.2) is 6.23 Å². The van der Waals surface area contributed by atoms with E-state index < -0.39 is 47.1 Å². The average Bonchev–Trinajstić information content (AvgIpc) is 3.28. The number of anilines is 1. The second kappa shape index (κ2) is 7.70. The number of halogens is 2. The first kappa shape index (κ1) is 22.7. The molecule has 0 spiro atoms. The van der Waals surface area contributed by atoms with E-state index in [9.17, 15) is 14.4 Å². The van der Waals surface area contributed by atoms with Crippen LogP contribution in [0.25, 0.3) is 0 Å². The van der Waals surface area contributed by atoms with Crippen LogP contribution in [-0.2, 0) is 14.2 Å². The van der Waals surface area contributed by atoms with Crippen molar-refractivity contribution >= 4 is 17.8 Å². The Bertz CT molecular complexity index is 1370. The number of ether oxygens (including phenoxy) is 3. The van der Waals surface area contributed by atoms with Crippen LogP contribution < -0.4 is 11.4 Å². The quantitative estimate of drug-likeness (QED) is 0.550. The molecule has 35 heavy (non-hydrogen) atoms. The predicted octanol–water partition coefficient (Wildman–Crippen LogP) is 2.58. The number of esters is 2. The third-order valence-electron chi connectivity index (χ3n) is 6.20. The molecule has 0 radical (unpaired) electrons. The fourth-order valence-corrected chi connectivity index (χ4v) is 4.39. The summed E-state index contributed by atoms with van der Waals surface area (Å²) in [5, 5.41) is 0. The van der Waals surface area contributed by atoms with E-state index in [0.717, 1.165) is 13.1 Å². The minimum atomic E-state index is -3.09. The summed E-state index contributed by atoms with van der Waals surface area (Å²) >= 11 is 0. The van der Waals surface area contributed by atoms with Gasteiger partial charge in [-0.3, -0.25) is 4.57 Å². The number of hydrogen-bond acceptors (Lipinski definition) is 8. The summed E-state index contributed by atoms with van der Waals surface area (Å²) in [5.74, 6) is -5.26. The number of carbonyl (C=O) groups excluding carboxylic acids is 2. The standard InChI is InChI=1S/C24H19F2N3O6/c1-22(25)20(29-13-12-16(27)28-21(29)32)35-24(26)19(33-17(30)14-8-4-2-5-9-14)23(22,24)34-18(31)15-10-6-3-7-11-15/h2-13,19-20H,1H3,(H2,27,28,32)/t19?,20-,22+,23+,24-/m1/s1. The van der Waals surface area contributed by atoms with E-state index in [2.05, 4.69) is 4.98 Å². The van der Waals surface area contributed by atoms with Crippen LogP contribution in [0, 0.1) is 0 Å². The van der Waals surface area contributed by atoms with Crippen LogP contribution in [0.2, 0.25) is 0 Å². The molecule has 0 bridgehead atoms. The molecule has 2 heterocycles. The highest BCUT2D eigenvalue weighted by Crippen LogP contribution is 2.72. The van der Waals surface area contributed by atoms with Gasteiger partial charge >= 0.3 is 17.6 Å². The molecule has 1 unspecified atom stereocenters. The van der Waals surface area contributed by atoms with Crippen LogP contribution in [-0.4, -0.2) is 44.7 Å². The molecule has 1 aliphatic heterocycles. The molecule has 2 N–H and O–H groups in total. The number of nitrogens with zero attached hydrogens (tertiary/aromatic N) is 2. The first-order chi connectivity index (χ1) is 16.6. The number of nitrogen functional groups attached to an aromatic ring is 1. The van der Waals surface area contributed by atoms with Gasteiger partial charge in [0.05, 0.1) is 11.1 Å². The molecule has 9 nitrogen and oxygen atoms in total. The monoisotopic (exact) mass is 483 g/mol. The van der Waals surface area contributed by atoms with Gasteiger partial charge in [0.25, 0.3) is 11.5 Å². The van der Waals surface area contributed by atoms with Gasteiger partial charge in [0, 0.05) is 6.20 Å². The van der Waals surface area contributed by atoms with Crippen molar-refractivity contribution in [2.75, 3.05) is 5.73 Å². The second-order valence-electron chi connectivity index (χ2n) is 8.38. The molecule has 11 heteroatoms. The van der Waals surface area contributed by atoms with E-state index in [1.807, 2.05) is 0 Å². The smallest absolute Gasteiger partial charge is 0.351 e. The molecular weight excluding hydrogens is 464 g/mol. The number of alkyl halides is 2. The highest BCUT2D eigenvalue weighted by molar-refractivity contribution is 5.91. The van der Waals surface area contributed by atoms with Crippen molar-refractivity contribution in [2.45, 2.75) is 36.4 Å². The zero-order chi connectivity index (χ0) is 25.0. The van der Waals surface area contributed by atoms with Crippen molar-refractivity contribution in [3.05, 3.63) is 94.5 Å². The Morgan fingerprint density at radius 3 is 2.14 bits per heavy atom. The lowest BCUT2D eigenvalue weighted by Gasteiger charge is -2.31. The molecular formula is C24H19F2N3O6. The summed E-state index contributed by atoms with van der Waals surface area (Å²) in [6.45, 7) is 0.899. The van der Waals surface area contributed by atoms with Crippen LogP contribution in [0.4, 0.5) is 14.6 Å². The fourth-order valence-electron chi connectivity index (χ4n) is 4.39. The Morgan fingerprint density at radius 1 is 1.00 bits per heavy atom. The first-order valence-corrected chi connectivity index (χ1v) is 10.6. The molecule has 1 saturated carbocycles. The molecule has 5 atom stereocenters. The van der Waals surface area contributed by atoms with Crippen LogP contribution in [0.5, 0.6) is 0 Å². The van der Waals surface area contributed by atoms with Gasteiger partial charge in [-0.05, 0) is 37.3 Å². The maximum Gasteiger partial charge on any atom is 0.351 e. The number of benzene rings is 2. The largest absolute Gasteiger partial charge is 0.448 e. The number of nitrogens with two attached hydrogens (primary N) is 1. The zero-order valence-electron chi connectivity index (χ0n) is 18.3. The number of carbonyl (C=O) groups is 2. The molecule has 5 rings (SSSR count). The third-order valence-corrected chi connectivity index (χ3v) is 6.20. The van der Waals surface area contributed by atoms with Gasteiger partial charge in [-0.1, -0.05) is 36.4 Å². The maximum atomic E-state index is 16.5. The molecule has 0 amide bonds. The number of rotatable bonds is 5. The van der Waals surface area contributed by atoms with Crippen molar-refractivity contribution in [1.82, 2.24) is 9.55 Å². The molecule has 1 aliphatic carbocycles. The Hall–Kier alpha value is -4.12. The Labute approximate surface area is 197 Å². The van der Waals surface area contributed by atoms with E-state index in [-0.39, 0.29) is 16.9 Å². The number of hydrogen-bond donors (Lipinski definition) is 1. The van der Waals surface area contributed by atoms with Crippen molar-refractivity contribution < 1.29 is 32.6 Å². The van der Waals surface area contributed by atoms with E-state index in [1.165, 1.54) is 30.3 Å². The van der Waals surface area contributed by atoms with E-state index in [4.69, 9.17) is 19.9 Å². The molecule has 1 saturated heterocycles. The summed E-state index contributed by atoms with van der Waals surface area (Å²) in [7, 11) is 0. The Kier molecular flexibility index (Phi) is 4.99. The zero-order valence-corrected chi connectivity index (χ0v) is 18.3. The van der Waals surface area contributed by atoms with Crippen LogP contribution in [0.1, 0.15) is 33.9 Å². The van der Waals surface area contributed by atoms with Gasteiger partial charge in [0.2, 0.25) is 11.8 Å². The minimum absolute atomic E-state index is 0.00910. The molecule has 180 valence electrons. The highest BCUT2D eigenvalue weighted by Gasteiger charge is 3.00. The van der Waals surface area contributed by atoms with E-state index in [0.29, 0.717) is 4.57 Å². The van der Waals surface area contributed by atoms with Gasteiger partial charge in [-0.15, -0.1) is 0 Å². The fraction of sp³-hybridized carbons (Fsp3) is 0.250. The van der Waals surface area contributed by atoms with Gasteiger partial charge in [0.1, 0.15) is 5.82 Å². The van der Waals surface area contributed by atoms with Crippen LogP contribution in [0.3, 0.4) is 0 Å². The summed E-state index contributed by atoms with van der Waals surface area (Å²) < 4.78 is 49.4. The van der Waals surface area contributed by atoms with Gasteiger partial charge < -0.3 is 19.9 Å². The molecule has 2 aromatic carbocycles. The number of aromatic nitrogens is 2. The predicted molar refractivity (Wildman–Crippen MR) is 117 cm³/mol. The van der Waals surface area contributed by atoms with E-state index >= 15 is 8.78 Å².